The lowest BCUT2D eigenvalue weighted by atomic mass is 10.2. The fourth-order valence-corrected chi connectivity index (χ4v) is 2.30. The van der Waals surface area contributed by atoms with Gasteiger partial charge in [0.15, 0.2) is 0 Å². The lowest BCUT2D eigenvalue weighted by molar-refractivity contribution is 0.250. The van der Waals surface area contributed by atoms with Crippen LogP contribution in [0.2, 0.25) is 5.02 Å². The molecule has 0 aliphatic carbocycles. The number of amides is 2. The second-order valence-corrected chi connectivity index (χ2v) is 5.90. The van der Waals surface area contributed by atoms with E-state index < -0.39 is 0 Å². The van der Waals surface area contributed by atoms with Gasteiger partial charge in [0.2, 0.25) is 0 Å². The van der Waals surface area contributed by atoms with Gasteiger partial charge in [-0.2, -0.15) is 0 Å². The number of urea groups is 1. The van der Waals surface area contributed by atoms with E-state index in [0.29, 0.717) is 28.0 Å². The Morgan fingerprint density at radius 3 is 2.44 bits per heavy atom. The number of aromatic nitrogens is 1. The molecule has 1 heterocycles. The second-order valence-electron chi connectivity index (χ2n) is 5.50. The first kappa shape index (κ1) is 18.7. The Morgan fingerprint density at radius 2 is 1.88 bits per heavy atom. The smallest absolute Gasteiger partial charge is 0.320 e. The summed E-state index contributed by atoms with van der Waals surface area (Å²) in [4.78, 5) is 15.9. The van der Waals surface area contributed by atoms with Crippen LogP contribution in [0.15, 0.2) is 30.5 Å². The summed E-state index contributed by atoms with van der Waals surface area (Å²) in [5.74, 6) is 1.55. The summed E-state index contributed by atoms with van der Waals surface area (Å²) in [6, 6.07) is 6.65. The summed E-state index contributed by atoms with van der Waals surface area (Å²) in [7, 11) is 3.10. The number of anilines is 3. The average Bonchev–Trinajstić information content (AvgIpc) is 2.57. The van der Waals surface area contributed by atoms with Crippen LogP contribution in [0, 0.1) is 0 Å². The topological polar surface area (TPSA) is 84.5 Å². The van der Waals surface area contributed by atoms with Crippen LogP contribution in [-0.2, 0) is 0 Å². The molecule has 0 aliphatic rings. The van der Waals surface area contributed by atoms with Crippen molar-refractivity contribution in [2.24, 2.45) is 0 Å². The summed E-state index contributed by atoms with van der Waals surface area (Å²) < 4.78 is 10.5. The van der Waals surface area contributed by atoms with Crippen LogP contribution in [-0.4, -0.2) is 31.3 Å². The van der Waals surface area contributed by atoms with Gasteiger partial charge in [-0.25, -0.2) is 9.78 Å². The molecule has 0 radical (unpaired) electrons. The monoisotopic (exact) mass is 364 g/mol. The van der Waals surface area contributed by atoms with Crippen molar-refractivity contribution in [3.05, 3.63) is 35.5 Å². The highest BCUT2D eigenvalue weighted by atomic mass is 35.5. The first-order valence-electron chi connectivity index (χ1n) is 7.65. The maximum absolute atomic E-state index is 11.7. The number of hydrogen-bond donors (Lipinski definition) is 3. The van der Waals surface area contributed by atoms with E-state index in [0.717, 1.165) is 5.69 Å². The molecule has 25 heavy (non-hydrogen) atoms. The number of halogens is 1. The minimum Gasteiger partial charge on any atom is -0.495 e. The number of carbonyl (C=O) groups is 1. The molecule has 0 saturated carbocycles. The Bertz CT molecular complexity index is 735. The molecule has 1 aromatic carbocycles. The van der Waals surface area contributed by atoms with E-state index >= 15 is 0 Å². The molecule has 2 amide bonds. The molecule has 0 spiro atoms. The van der Waals surface area contributed by atoms with Gasteiger partial charge < -0.3 is 20.1 Å². The van der Waals surface area contributed by atoms with Crippen LogP contribution in [0.25, 0.3) is 0 Å². The zero-order chi connectivity index (χ0) is 18.4. The van der Waals surface area contributed by atoms with E-state index in [9.17, 15) is 4.79 Å². The Balaban J connectivity index is 2.12. The number of nitrogens with zero attached hydrogens (tertiary/aromatic N) is 1. The Labute approximate surface area is 151 Å². The fourth-order valence-electron chi connectivity index (χ4n) is 2.07. The van der Waals surface area contributed by atoms with E-state index in [2.05, 4.69) is 20.9 Å². The fraction of sp³-hybridized carbons (Fsp3) is 0.294. The zero-order valence-corrected chi connectivity index (χ0v) is 15.3. The number of hydrogen-bond acceptors (Lipinski definition) is 5. The minimum atomic E-state index is -0.299. The van der Waals surface area contributed by atoms with Crippen LogP contribution in [0.4, 0.5) is 22.0 Å². The van der Waals surface area contributed by atoms with E-state index in [1.54, 1.807) is 44.7 Å². The molecular weight excluding hydrogens is 344 g/mol. The lowest BCUT2D eigenvalue weighted by Crippen LogP contribution is -2.34. The van der Waals surface area contributed by atoms with Gasteiger partial charge >= 0.3 is 6.03 Å². The Kier molecular flexibility index (Phi) is 6.30. The largest absolute Gasteiger partial charge is 0.495 e. The van der Waals surface area contributed by atoms with Gasteiger partial charge in [-0.05, 0) is 26.0 Å². The van der Waals surface area contributed by atoms with E-state index in [1.807, 2.05) is 13.8 Å². The standard InChI is InChI=1S/C17H21ClN4O3/c1-10(2)20-17(23)22-16-6-5-11(9-19-16)21-13-8-14(24-3)12(18)7-15(13)25-4/h5-10,21H,1-4H3,(H2,19,20,22,23). The van der Waals surface area contributed by atoms with Crippen molar-refractivity contribution < 1.29 is 14.3 Å². The van der Waals surface area contributed by atoms with E-state index in [1.165, 1.54) is 0 Å². The molecule has 7 nitrogen and oxygen atoms in total. The molecule has 0 bridgehead atoms. The predicted molar refractivity (Wildman–Crippen MR) is 99.4 cm³/mol. The van der Waals surface area contributed by atoms with Crippen LogP contribution >= 0.6 is 11.6 Å². The molecule has 0 aliphatic heterocycles. The third-order valence-electron chi connectivity index (χ3n) is 3.18. The predicted octanol–water partition coefficient (Wildman–Crippen LogP) is 4.03. The van der Waals surface area contributed by atoms with Crippen LogP contribution in [0.5, 0.6) is 11.5 Å². The lowest BCUT2D eigenvalue weighted by Gasteiger charge is -2.14. The normalized spacial score (nSPS) is 10.3. The summed E-state index contributed by atoms with van der Waals surface area (Å²) in [5.41, 5.74) is 1.40. The number of nitrogens with one attached hydrogen (secondary N) is 3. The number of benzene rings is 1. The van der Waals surface area contributed by atoms with Crippen molar-refractivity contribution in [3.63, 3.8) is 0 Å². The molecular formula is C17H21ClN4O3. The third kappa shape index (κ3) is 5.15. The van der Waals surface area contributed by atoms with Crippen LogP contribution in [0.1, 0.15) is 13.8 Å². The summed E-state index contributed by atoms with van der Waals surface area (Å²) in [5, 5.41) is 9.03. The molecule has 0 fully saturated rings. The average molecular weight is 365 g/mol. The van der Waals surface area contributed by atoms with Gasteiger partial charge in [0, 0.05) is 18.2 Å². The molecule has 134 valence electrons. The maximum atomic E-state index is 11.7. The van der Waals surface area contributed by atoms with Gasteiger partial charge in [-0.3, -0.25) is 5.32 Å². The summed E-state index contributed by atoms with van der Waals surface area (Å²) >= 11 is 6.10. The first-order valence-corrected chi connectivity index (χ1v) is 8.03. The molecule has 0 atom stereocenters. The van der Waals surface area contributed by atoms with Crippen LogP contribution < -0.4 is 25.4 Å². The summed E-state index contributed by atoms with van der Waals surface area (Å²) in [6.07, 6.45) is 1.60. The third-order valence-corrected chi connectivity index (χ3v) is 3.47. The highest BCUT2D eigenvalue weighted by molar-refractivity contribution is 6.32. The van der Waals surface area contributed by atoms with E-state index in [4.69, 9.17) is 21.1 Å². The molecule has 0 saturated heterocycles. The number of carbonyl (C=O) groups excluding carboxylic acids is 1. The van der Waals surface area contributed by atoms with Gasteiger partial charge in [-0.15, -0.1) is 0 Å². The van der Waals surface area contributed by atoms with Gasteiger partial charge in [0.25, 0.3) is 0 Å². The molecule has 0 unspecified atom stereocenters. The number of ether oxygens (including phenoxy) is 2. The van der Waals surface area contributed by atoms with Crippen molar-refractivity contribution in [1.82, 2.24) is 10.3 Å². The van der Waals surface area contributed by atoms with Crippen LogP contribution in [0.3, 0.4) is 0 Å². The molecule has 8 heteroatoms. The van der Waals surface area contributed by atoms with Gasteiger partial charge in [0.1, 0.15) is 17.3 Å². The van der Waals surface area contributed by atoms with Crippen molar-refractivity contribution in [2.45, 2.75) is 19.9 Å². The number of rotatable bonds is 6. The number of methoxy groups -OCH3 is 2. The summed E-state index contributed by atoms with van der Waals surface area (Å²) in [6.45, 7) is 3.77. The highest BCUT2D eigenvalue weighted by Crippen LogP contribution is 2.37. The molecule has 3 N–H and O–H groups in total. The van der Waals surface area contributed by atoms with Crippen molar-refractivity contribution in [1.29, 1.82) is 0 Å². The minimum absolute atomic E-state index is 0.0493. The quantitative estimate of drug-likeness (QED) is 0.720. The molecule has 1 aromatic heterocycles. The van der Waals surface area contributed by atoms with Gasteiger partial charge in [0.05, 0.1) is 36.8 Å². The Hall–Kier alpha value is -2.67. The zero-order valence-electron chi connectivity index (χ0n) is 14.5. The van der Waals surface area contributed by atoms with E-state index in [-0.39, 0.29) is 12.1 Å². The van der Waals surface area contributed by atoms with Gasteiger partial charge in [-0.1, -0.05) is 11.6 Å². The molecule has 2 rings (SSSR count). The Morgan fingerprint density at radius 1 is 1.16 bits per heavy atom. The SMILES string of the molecule is COc1cc(Nc2ccc(NC(=O)NC(C)C)nc2)c(OC)cc1Cl. The second kappa shape index (κ2) is 8.43. The van der Waals surface area contributed by atoms with Crippen molar-refractivity contribution in [3.8, 4) is 11.5 Å². The highest BCUT2D eigenvalue weighted by Gasteiger charge is 2.11. The molecule has 2 aromatic rings. The van der Waals surface area contributed by atoms with Crippen molar-refractivity contribution >= 4 is 34.8 Å². The number of pyridine rings is 1. The maximum Gasteiger partial charge on any atom is 0.320 e. The van der Waals surface area contributed by atoms with Crippen molar-refractivity contribution in [2.75, 3.05) is 24.9 Å². The first-order chi connectivity index (χ1) is 11.9.